The maximum Gasteiger partial charge on any atom is 0.263 e. The van der Waals surface area contributed by atoms with Crippen molar-refractivity contribution in [3.63, 3.8) is 0 Å². The molecule has 32 heavy (non-hydrogen) atoms. The second-order valence-electron chi connectivity index (χ2n) is 8.05. The number of para-hydroxylation sites is 1. The number of fused-ring (bicyclic) bond motifs is 2. The van der Waals surface area contributed by atoms with Crippen molar-refractivity contribution in [3.05, 3.63) is 81.0 Å². The van der Waals surface area contributed by atoms with Crippen LogP contribution in [0.4, 0.5) is 10.1 Å². The molecule has 1 aliphatic heterocycles. The molecule has 0 saturated heterocycles. The Morgan fingerprint density at radius 3 is 2.66 bits per heavy atom. The molecule has 0 N–H and O–H groups in total. The molecular formula is C25H22FN3O2S. The standard InChI is InChI=1S/C25H22FN3O2S/c1-15-22(18-9-11-19(26)12-10-18)23-24(32-15)27-16(2)29(25(23)31)14-21(30)28-13-5-7-17-6-3-4-8-20(17)28/h3-4,6,8-12H,5,7,13-14H2,1-2H3. The van der Waals surface area contributed by atoms with Gasteiger partial charge in [0.05, 0.1) is 5.39 Å². The van der Waals surface area contributed by atoms with Crippen LogP contribution in [0, 0.1) is 19.7 Å². The van der Waals surface area contributed by atoms with Crippen molar-refractivity contribution >= 4 is 33.1 Å². The number of carbonyl (C=O) groups excluding carboxylic acids is 1. The van der Waals surface area contributed by atoms with Crippen LogP contribution in [-0.2, 0) is 17.8 Å². The van der Waals surface area contributed by atoms with E-state index in [0.717, 1.165) is 40.1 Å². The van der Waals surface area contributed by atoms with E-state index in [1.165, 1.54) is 28.0 Å². The zero-order chi connectivity index (χ0) is 22.4. The zero-order valence-corrected chi connectivity index (χ0v) is 18.7. The smallest absolute Gasteiger partial charge is 0.263 e. The number of amides is 1. The second-order valence-corrected chi connectivity index (χ2v) is 9.25. The third kappa shape index (κ3) is 3.42. The second kappa shape index (κ2) is 7.98. The fourth-order valence-corrected chi connectivity index (χ4v) is 5.54. The van der Waals surface area contributed by atoms with E-state index >= 15 is 0 Å². The molecule has 0 fully saturated rings. The van der Waals surface area contributed by atoms with Crippen LogP contribution in [0.25, 0.3) is 21.3 Å². The molecule has 5 rings (SSSR count). The van der Waals surface area contributed by atoms with Crippen molar-refractivity contribution in [1.29, 1.82) is 0 Å². The fourth-order valence-electron chi connectivity index (χ4n) is 4.46. The van der Waals surface area contributed by atoms with Gasteiger partial charge in [0.25, 0.3) is 5.56 Å². The molecule has 7 heteroatoms. The first-order valence-electron chi connectivity index (χ1n) is 10.6. The van der Waals surface area contributed by atoms with E-state index in [1.807, 2.05) is 31.2 Å². The number of anilines is 1. The molecule has 0 radical (unpaired) electrons. The lowest BCUT2D eigenvalue weighted by Gasteiger charge is -2.29. The van der Waals surface area contributed by atoms with Gasteiger partial charge in [0.1, 0.15) is 23.0 Å². The predicted octanol–water partition coefficient (Wildman–Crippen LogP) is 4.86. The van der Waals surface area contributed by atoms with Gasteiger partial charge in [-0.3, -0.25) is 14.2 Å². The molecule has 2 aromatic carbocycles. The molecule has 4 aromatic rings. The third-order valence-corrected chi connectivity index (χ3v) is 7.02. The Labute approximate surface area is 188 Å². The van der Waals surface area contributed by atoms with Gasteiger partial charge >= 0.3 is 0 Å². The number of aromatic nitrogens is 2. The predicted molar refractivity (Wildman–Crippen MR) is 126 cm³/mol. The van der Waals surface area contributed by atoms with Crippen molar-refractivity contribution in [1.82, 2.24) is 9.55 Å². The molecule has 0 atom stereocenters. The van der Waals surface area contributed by atoms with Crippen molar-refractivity contribution in [2.45, 2.75) is 33.2 Å². The van der Waals surface area contributed by atoms with Gasteiger partial charge in [0.2, 0.25) is 5.91 Å². The fraction of sp³-hybridized carbons (Fsp3) is 0.240. The number of aryl methyl sites for hydroxylation is 3. The van der Waals surface area contributed by atoms with E-state index in [2.05, 4.69) is 4.98 Å². The van der Waals surface area contributed by atoms with E-state index in [0.29, 0.717) is 22.6 Å². The maximum atomic E-state index is 13.6. The Morgan fingerprint density at radius 1 is 1.12 bits per heavy atom. The van der Waals surface area contributed by atoms with Gasteiger partial charge in [-0.1, -0.05) is 30.3 Å². The van der Waals surface area contributed by atoms with Crippen LogP contribution < -0.4 is 10.5 Å². The number of hydrogen-bond donors (Lipinski definition) is 0. The number of hydrogen-bond acceptors (Lipinski definition) is 4. The van der Waals surface area contributed by atoms with Gasteiger partial charge in [-0.15, -0.1) is 11.3 Å². The summed E-state index contributed by atoms with van der Waals surface area (Å²) in [6.45, 7) is 4.25. The molecular weight excluding hydrogens is 425 g/mol. The van der Waals surface area contributed by atoms with Gasteiger partial charge in [0.15, 0.2) is 0 Å². The molecule has 0 saturated carbocycles. The first-order chi connectivity index (χ1) is 15.4. The lowest BCUT2D eigenvalue weighted by atomic mass is 10.0. The molecule has 1 aliphatic rings. The highest BCUT2D eigenvalue weighted by Crippen LogP contribution is 2.36. The number of thiophene rings is 1. The number of rotatable bonds is 3. The van der Waals surface area contributed by atoms with Crippen molar-refractivity contribution in [2.24, 2.45) is 0 Å². The maximum absolute atomic E-state index is 13.6. The molecule has 0 spiro atoms. The SMILES string of the molecule is Cc1sc2nc(C)n(CC(=O)N3CCCc4ccccc43)c(=O)c2c1-c1ccc(F)cc1. The van der Waals surface area contributed by atoms with Crippen LogP contribution in [0.2, 0.25) is 0 Å². The molecule has 1 amide bonds. The minimum atomic E-state index is -0.329. The average Bonchev–Trinajstić information content (AvgIpc) is 3.12. The molecule has 0 bridgehead atoms. The summed E-state index contributed by atoms with van der Waals surface area (Å²) in [6.07, 6.45) is 1.84. The number of benzene rings is 2. The summed E-state index contributed by atoms with van der Waals surface area (Å²) >= 11 is 1.44. The third-order valence-electron chi connectivity index (χ3n) is 6.02. The van der Waals surface area contributed by atoms with Crippen LogP contribution in [-0.4, -0.2) is 22.0 Å². The highest BCUT2D eigenvalue weighted by molar-refractivity contribution is 7.19. The Hall–Kier alpha value is -3.32. The Morgan fingerprint density at radius 2 is 1.88 bits per heavy atom. The van der Waals surface area contributed by atoms with E-state index < -0.39 is 0 Å². The van der Waals surface area contributed by atoms with Crippen LogP contribution in [0.1, 0.15) is 22.7 Å². The summed E-state index contributed by atoms with van der Waals surface area (Å²) in [4.78, 5) is 34.8. The van der Waals surface area contributed by atoms with E-state index in [1.54, 1.807) is 24.0 Å². The van der Waals surface area contributed by atoms with Crippen LogP contribution in [0.5, 0.6) is 0 Å². The highest BCUT2D eigenvalue weighted by atomic mass is 32.1. The highest BCUT2D eigenvalue weighted by Gasteiger charge is 2.25. The molecule has 162 valence electrons. The molecule has 5 nitrogen and oxygen atoms in total. The monoisotopic (exact) mass is 447 g/mol. The minimum Gasteiger partial charge on any atom is -0.311 e. The van der Waals surface area contributed by atoms with Crippen LogP contribution in [0.15, 0.2) is 53.3 Å². The molecule has 0 aliphatic carbocycles. The molecule has 3 heterocycles. The summed E-state index contributed by atoms with van der Waals surface area (Å²) < 4.78 is 14.9. The van der Waals surface area contributed by atoms with E-state index in [4.69, 9.17) is 0 Å². The van der Waals surface area contributed by atoms with E-state index in [9.17, 15) is 14.0 Å². The zero-order valence-electron chi connectivity index (χ0n) is 17.9. The Bertz CT molecular complexity index is 1410. The average molecular weight is 448 g/mol. The Kier molecular flexibility index (Phi) is 5.13. The summed E-state index contributed by atoms with van der Waals surface area (Å²) in [5, 5.41) is 0.483. The lowest BCUT2D eigenvalue weighted by molar-refractivity contribution is -0.119. The number of carbonyl (C=O) groups is 1. The van der Waals surface area contributed by atoms with Crippen molar-refractivity contribution < 1.29 is 9.18 Å². The topological polar surface area (TPSA) is 55.2 Å². The summed E-state index contributed by atoms with van der Waals surface area (Å²) in [5.41, 5.74) is 3.35. The quantitative estimate of drug-likeness (QED) is 0.451. The van der Waals surface area contributed by atoms with Crippen LogP contribution >= 0.6 is 11.3 Å². The summed E-state index contributed by atoms with van der Waals surface area (Å²) in [7, 11) is 0. The number of nitrogens with zero attached hydrogens (tertiary/aromatic N) is 3. The van der Waals surface area contributed by atoms with Gasteiger partial charge < -0.3 is 4.90 Å². The summed E-state index contributed by atoms with van der Waals surface area (Å²) in [5.74, 6) is 0.0524. The normalized spacial score (nSPS) is 13.4. The van der Waals surface area contributed by atoms with E-state index in [-0.39, 0.29) is 23.8 Å². The lowest BCUT2D eigenvalue weighted by Crippen LogP contribution is -2.40. The van der Waals surface area contributed by atoms with Gasteiger partial charge in [-0.2, -0.15) is 0 Å². The molecule has 0 unspecified atom stereocenters. The first kappa shape index (κ1) is 20.6. The Balaban J connectivity index is 1.58. The minimum absolute atomic E-state index is 0.0697. The van der Waals surface area contributed by atoms with Crippen LogP contribution in [0.3, 0.4) is 0 Å². The van der Waals surface area contributed by atoms with Gasteiger partial charge in [-0.05, 0) is 56.0 Å². The van der Waals surface area contributed by atoms with Gasteiger partial charge in [0, 0.05) is 22.7 Å². The number of halogens is 1. The summed E-state index contributed by atoms with van der Waals surface area (Å²) in [6, 6.07) is 14.0. The largest absolute Gasteiger partial charge is 0.311 e. The first-order valence-corrected chi connectivity index (χ1v) is 11.4. The van der Waals surface area contributed by atoms with Crippen molar-refractivity contribution in [3.8, 4) is 11.1 Å². The van der Waals surface area contributed by atoms with Gasteiger partial charge in [-0.25, -0.2) is 9.37 Å². The molecule has 2 aromatic heterocycles. The van der Waals surface area contributed by atoms with Crippen molar-refractivity contribution in [2.75, 3.05) is 11.4 Å².